The monoisotopic (exact) mass is 382 g/mol. The van der Waals surface area contributed by atoms with Crippen LogP contribution in [-0.4, -0.2) is 45.9 Å². The molecule has 0 unspecified atom stereocenters. The van der Waals surface area contributed by atoms with Crippen LogP contribution in [0.4, 0.5) is 5.69 Å². The second kappa shape index (κ2) is 9.08. The van der Waals surface area contributed by atoms with Crippen LogP contribution in [0.2, 0.25) is 0 Å². The number of nitro benzene ring substituents is 1. The lowest BCUT2D eigenvalue weighted by Crippen LogP contribution is -2.45. The number of Topliss-reactive ketones (excluding diaryl/α,β-unsaturated/α-hetero) is 1. The number of benzene rings is 2. The number of hydrogen-bond acceptors (Lipinski definition) is 5. The first-order valence-electron chi connectivity index (χ1n) is 9.72. The normalized spacial score (nSPS) is 16.6. The van der Waals surface area contributed by atoms with Gasteiger partial charge in [0.2, 0.25) is 0 Å². The Kier molecular flexibility index (Phi) is 6.54. The molecule has 28 heavy (non-hydrogen) atoms. The number of aliphatic hydroxyl groups is 1. The van der Waals surface area contributed by atoms with Crippen LogP contribution in [-0.2, 0) is 6.42 Å². The molecule has 3 rings (SSSR count). The van der Waals surface area contributed by atoms with E-state index in [1.54, 1.807) is 12.1 Å². The van der Waals surface area contributed by atoms with E-state index in [-0.39, 0.29) is 23.5 Å². The van der Waals surface area contributed by atoms with Gasteiger partial charge in [-0.15, -0.1) is 0 Å². The molecule has 0 amide bonds. The number of likely N-dealkylation sites (tertiary alicyclic amines) is 1. The summed E-state index contributed by atoms with van der Waals surface area (Å²) < 4.78 is 0. The highest BCUT2D eigenvalue weighted by atomic mass is 16.6. The van der Waals surface area contributed by atoms with Crippen molar-refractivity contribution in [2.24, 2.45) is 0 Å². The molecule has 0 spiro atoms. The van der Waals surface area contributed by atoms with Gasteiger partial charge in [0.05, 0.1) is 16.1 Å². The highest BCUT2D eigenvalue weighted by Crippen LogP contribution is 2.27. The molecule has 0 radical (unpaired) electrons. The Hall–Kier alpha value is -2.57. The Morgan fingerprint density at radius 1 is 1.07 bits per heavy atom. The molecule has 1 saturated heterocycles. The average Bonchev–Trinajstić information content (AvgIpc) is 2.70. The molecule has 1 fully saturated rings. The second-order valence-electron chi connectivity index (χ2n) is 7.53. The van der Waals surface area contributed by atoms with Crippen molar-refractivity contribution in [1.82, 2.24) is 4.90 Å². The van der Waals surface area contributed by atoms with Crippen molar-refractivity contribution in [2.75, 3.05) is 19.6 Å². The minimum atomic E-state index is -0.668. The molecule has 0 aliphatic carbocycles. The first-order valence-corrected chi connectivity index (χ1v) is 9.72. The van der Waals surface area contributed by atoms with Crippen LogP contribution in [0.25, 0.3) is 0 Å². The summed E-state index contributed by atoms with van der Waals surface area (Å²) in [6.45, 7) is 2.35. The molecule has 6 nitrogen and oxygen atoms in total. The summed E-state index contributed by atoms with van der Waals surface area (Å²) in [7, 11) is 0. The van der Waals surface area contributed by atoms with Crippen molar-refractivity contribution in [3.63, 3.8) is 0 Å². The molecular formula is C22H26N2O4. The van der Waals surface area contributed by atoms with Crippen LogP contribution in [0, 0.1) is 10.1 Å². The number of piperidine rings is 1. The maximum absolute atomic E-state index is 12.4. The predicted molar refractivity (Wildman–Crippen MR) is 107 cm³/mol. The van der Waals surface area contributed by atoms with Crippen molar-refractivity contribution in [1.29, 1.82) is 0 Å². The van der Waals surface area contributed by atoms with E-state index in [2.05, 4.69) is 4.90 Å². The number of hydrogen-bond donors (Lipinski definition) is 1. The van der Waals surface area contributed by atoms with E-state index in [1.165, 1.54) is 12.1 Å². The predicted octanol–water partition coefficient (Wildman–Crippen LogP) is 3.63. The fraction of sp³-hybridized carbons (Fsp3) is 0.409. The van der Waals surface area contributed by atoms with Crippen LogP contribution in [0.15, 0.2) is 54.6 Å². The lowest BCUT2D eigenvalue weighted by Gasteiger charge is -2.38. The Morgan fingerprint density at radius 2 is 1.71 bits per heavy atom. The third-order valence-electron chi connectivity index (χ3n) is 5.44. The second-order valence-corrected chi connectivity index (χ2v) is 7.53. The van der Waals surface area contributed by atoms with Crippen molar-refractivity contribution in [2.45, 2.75) is 37.7 Å². The zero-order valence-electron chi connectivity index (χ0n) is 15.9. The van der Waals surface area contributed by atoms with Gasteiger partial charge in [-0.25, -0.2) is 0 Å². The molecule has 0 saturated carbocycles. The average molecular weight is 382 g/mol. The first kappa shape index (κ1) is 20.2. The molecular weight excluding hydrogens is 356 g/mol. The topological polar surface area (TPSA) is 83.7 Å². The fourth-order valence-corrected chi connectivity index (χ4v) is 3.81. The molecule has 2 aromatic rings. The van der Waals surface area contributed by atoms with E-state index in [4.69, 9.17) is 0 Å². The van der Waals surface area contributed by atoms with Crippen LogP contribution in [0.5, 0.6) is 0 Å². The van der Waals surface area contributed by atoms with Crippen molar-refractivity contribution in [3.05, 3.63) is 75.8 Å². The molecule has 0 aromatic heterocycles. The molecule has 6 heteroatoms. The van der Waals surface area contributed by atoms with E-state index in [0.29, 0.717) is 25.7 Å². The van der Waals surface area contributed by atoms with Gasteiger partial charge < -0.3 is 10.0 Å². The van der Waals surface area contributed by atoms with Gasteiger partial charge >= 0.3 is 0 Å². The summed E-state index contributed by atoms with van der Waals surface area (Å²) in [5.74, 6) is -0.190. The number of carbonyl (C=O) groups is 1. The summed E-state index contributed by atoms with van der Waals surface area (Å²) in [5.41, 5.74) is 0.534. The Morgan fingerprint density at radius 3 is 2.39 bits per heavy atom. The minimum Gasteiger partial charge on any atom is -0.389 e. The van der Waals surface area contributed by atoms with Gasteiger partial charge in [-0.3, -0.25) is 14.9 Å². The lowest BCUT2D eigenvalue weighted by atomic mass is 9.85. The lowest BCUT2D eigenvalue weighted by molar-refractivity contribution is -0.385. The number of nitro groups is 1. The number of nitrogens with zero attached hydrogens (tertiary/aromatic N) is 2. The summed E-state index contributed by atoms with van der Waals surface area (Å²) in [6, 6.07) is 16.1. The van der Waals surface area contributed by atoms with Crippen molar-refractivity contribution in [3.8, 4) is 0 Å². The Bertz CT molecular complexity index is 814. The Labute approximate surface area is 165 Å². The maximum Gasteiger partial charge on any atom is 0.280 e. The van der Waals surface area contributed by atoms with Gasteiger partial charge in [-0.2, -0.15) is 0 Å². The molecule has 148 valence electrons. The van der Waals surface area contributed by atoms with Crippen LogP contribution in [0.1, 0.15) is 41.6 Å². The van der Waals surface area contributed by atoms with Gasteiger partial charge in [0.25, 0.3) is 5.69 Å². The number of ketones is 1. The van der Waals surface area contributed by atoms with Crippen LogP contribution in [0.3, 0.4) is 0 Å². The van der Waals surface area contributed by atoms with Gasteiger partial charge in [-0.1, -0.05) is 42.5 Å². The molecule has 0 bridgehead atoms. The van der Waals surface area contributed by atoms with E-state index < -0.39 is 10.5 Å². The smallest absolute Gasteiger partial charge is 0.280 e. The SMILES string of the molecule is O=C(CCCN1CCC(O)(Cc2ccccc2)CC1)c1ccccc1[N+](=O)[O-]. The van der Waals surface area contributed by atoms with Crippen molar-refractivity contribution < 1.29 is 14.8 Å². The molecule has 1 aliphatic rings. The Balaban J connectivity index is 1.45. The molecule has 1 heterocycles. The van der Waals surface area contributed by atoms with E-state index >= 15 is 0 Å². The van der Waals surface area contributed by atoms with Gasteiger partial charge in [0, 0.05) is 32.0 Å². The third kappa shape index (κ3) is 5.24. The van der Waals surface area contributed by atoms with E-state index in [0.717, 1.165) is 25.2 Å². The van der Waals surface area contributed by atoms with Crippen molar-refractivity contribution >= 4 is 11.5 Å². The van der Waals surface area contributed by atoms with Gasteiger partial charge in [-0.05, 0) is 37.4 Å². The van der Waals surface area contributed by atoms with E-state index in [1.807, 2.05) is 30.3 Å². The number of para-hydroxylation sites is 1. The van der Waals surface area contributed by atoms with E-state index in [9.17, 15) is 20.0 Å². The number of carbonyl (C=O) groups excluding carboxylic acids is 1. The zero-order chi connectivity index (χ0) is 20.0. The highest BCUT2D eigenvalue weighted by molar-refractivity contribution is 5.99. The first-order chi connectivity index (χ1) is 13.5. The highest BCUT2D eigenvalue weighted by Gasteiger charge is 2.32. The molecule has 1 aliphatic heterocycles. The van der Waals surface area contributed by atoms with Gasteiger partial charge in [0.15, 0.2) is 5.78 Å². The standard InChI is InChI=1S/C22H26N2O4/c25-21(19-9-4-5-10-20(19)24(27)28)11-6-14-23-15-12-22(26,13-16-23)17-18-7-2-1-3-8-18/h1-5,7-10,26H,6,11-17H2. The quantitative estimate of drug-likeness (QED) is 0.428. The summed E-state index contributed by atoms with van der Waals surface area (Å²) >= 11 is 0. The van der Waals surface area contributed by atoms with Crippen LogP contribution < -0.4 is 0 Å². The molecule has 0 atom stereocenters. The fourth-order valence-electron chi connectivity index (χ4n) is 3.81. The summed E-state index contributed by atoms with van der Waals surface area (Å²) in [5, 5.41) is 21.9. The third-order valence-corrected chi connectivity index (χ3v) is 5.44. The minimum absolute atomic E-state index is 0.128. The number of rotatable bonds is 8. The van der Waals surface area contributed by atoms with Gasteiger partial charge in [0.1, 0.15) is 0 Å². The largest absolute Gasteiger partial charge is 0.389 e. The molecule has 1 N–H and O–H groups in total. The summed E-state index contributed by atoms with van der Waals surface area (Å²) in [6.07, 6.45) is 3.02. The zero-order valence-corrected chi connectivity index (χ0v) is 15.9. The maximum atomic E-state index is 12.4. The molecule has 2 aromatic carbocycles. The summed E-state index contributed by atoms with van der Waals surface area (Å²) in [4.78, 5) is 25.2. The van der Waals surface area contributed by atoms with Crippen LogP contribution >= 0.6 is 0 Å².